The largest absolute Gasteiger partial charge is 0.310 e. The lowest BCUT2D eigenvalue weighted by Gasteiger charge is -2.29. The highest BCUT2D eigenvalue weighted by molar-refractivity contribution is 6.19. The fourth-order valence-corrected chi connectivity index (χ4v) is 9.24. The molecule has 0 amide bonds. The standard InChI is InChI=1S/C51H35N/c1-51(2)47-17-8-7-14-42(47)43-27-25-37(31-48(43)51)52(49-29-28-45-41-13-6-5-12-40(41)44-15-9-16-46(49)50(44)45)36-23-20-32(21-24-36)34-22-26-39-35(30-34)19-18-33-10-3-4-11-38(33)39/h3-31H,1-2H3. The van der Waals surface area contributed by atoms with E-state index >= 15 is 0 Å². The van der Waals surface area contributed by atoms with Crippen molar-refractivity contribution < 1.29 is 0 Å². The summed E-state index contributed by atoms with van der Waals surface area (Å²) in [7, 11) is 0. The van der Waals surface area contributed by atoms with E-state index in [1.165, 1.54) is 99.3 Å². The van der Waals surface area contributed by atoms with Crippen molar-refractivity contribution in [3.05, 3.63) is 187 Å². The van der Waals surface area contributed by atoms with Crippen LogP contribution in [0.5, 0.6) is 0 Å². The van der Waals surface area contributed by atoms with Crippen LogP contribution in [0.15, 0.2) is 176 Å². The number of nitrogens with zero attached hydrogens (tertiary/aromatic N) is 1. The highest BCUT2D eigenvalue weighted by atomic mass is 15.1. The van der Waals surface area contributed by atoms with Crippen LogP contribution in [-0.4, -0.2) is 0 Å². The van der Waals surface area contributed by atoms with Crippen LogP contribution in [-0.2, 0) is 5.41 Å². The average molecular weight is 662 g/mol. The van der Waals surface area contributed by atoms with Crippen molar-refractivity contribution >= 4 is 49.4 Å². The van der Waals surface area contributed by atoms with Crippen LogP contribution >= 0.6 is 0 Å². The molecule has 1 nitrogen and oxygen atoms in total. The van der Waals surface area contributed by atoms with Crippen molar-refractivity contribution in [2.45, 2.75) is 19.3 Å². The number of hydrogen-bond donors (Lipinski definition) is 0. The van der Waals surface area contributed by atoms with Gasteiger partial charge in [-0.1, -0.05) is 153 Å². The molecule has 0 heterocycles. The first-order valence-electron chi connectivity index (χ1n) is 18.3. The third-order valence-corrected chi connectivity index (χ3v) is 11.8. The first-order valence-corrected chi connectivity index (χ1v) is 18.3. The van der Waals surface area contributed by atoms with Crippen LogP contribution < -0.4 is 4.90 Å². The maximum absolute atomic E-state index is 2.47. The summed E-state index contributed by atoms with van der Waals surface area (Å²) >= 11 is 0. The third kappa shape index (κ3) is 4.11. The fourth-order valence-electron chi connectivity index (χ4n) is 9.24. The highest BCUT2D eigenvalue weighted by Crippen LogP contribution is 2.53. The summed E-state index contributed by atoms with van der Waals surface area (Å²) in [6, 6.07) is 65.5. The molecule has 52 heavy (non-hydrogen) atoms. The molecule has 0 saturated carbocycles. The summed E-state index contributed by atoms with van der Waals surface area (Å²) in [5.41, 5.74) is 16.5. The van der Waals surface area contributed by atoms with Crippen LogP contribution in [0.1, 0.15) is 25.0 Å². The van der Waals surface area contributed by atoms with Gasteiger partial charge in [0.05, 0.1) is 5.69 Å². The Morgan fingerprint density at radius 1 is 0.365 bits per heavy atom. The normalized spacial score (nSPS) is 13.3. The van der Waals surface area contributed by atoms with E-state index in [2.05, 4.69) is 195 Å². The Labute approximate surface area is 304 Å². The first-order chi connectivity index (χ1) is 25.5. The minimum absolute atomic E-state index is 0.0947. The van der Waals surface area contributed by atoms with E-state index in [9.17, 15) is 0 Å². The van der Waals surface area contributed by atoms with Crippen molar-refractivity contribution in [1.82, 2.24) is 0 Å². The van der Waals surface area contributed by atoms with Crippen molar-refractivity contribution in [1.29, 1.82) is 0 Å². The molecule has 9 aromatic rings. The van der Waals surface area contributed by atoms with Crippen molar-refractivity contribution in [2.75, 3.05) is 4.90 Å². The van der Waals surface area contributed by atoms with E-state index in [1.807, 2.05) is 0 Å². The summed E-state index contributed by atoms with van der Waals surface area (Å²) < 4.78 is 0. The smallest absolute Gasteiger partial charge is 0.0540 e. The molecule has 1 heteroatoms. The molecule has 0 N–H and O–H groups in total. The maximum atomic E-state index is 2.47. The third-order valence-electron chi connectivity index (χ3n) is 11.8. The van der Waals surface area contributed by atoms with Gasteiger partial charge in [0.15, 0.2) is 0 Å². The van der Waals surface area contributed by atoms with Crippen LogP contribution in [0, 0.1) is 0 Å². The van der Waals surface area contributed by atoms with Crippen molar-refractivity contribution in [3.8, 4) is 44.5 Å². The van der Waals surface area contributed by atoms with Gasteiger partial charge in [-0.2, -0.15) is 0 Å². The Hall–Kier alpha value is -6.44. The minimum atomic E-state index is -0.0947. The van der Waals surface area contributed by atoms with E-state index in [1.54, 1.807) is 0 Å². The van der Waals surface area contributed by atoms with Crippen LogP contribution in [0.2, 0.25) is 0 Å². The molecule has 0 atom stereocenters. The second-order valence-corrected chi connectivity index (χ2v) is 14.9. The summed E-state index contributed by atoms with van der Waals surface area (Å²) in [5.74, 6) is 0. The zero-order chi connectivity index (χ0) is 34.6. The van der Waals surface area contributed by atoms with Gasteiger partial charge in [0.2, 0.25) is 0 Å². The van der Waals surface area contributed by atoms with E-state index in [0.717, 1.165) is 5.69 Å². The van der Waals surface area contributed by atoms with Gasteiger partial charge in [-0.3, -0.25) is 0 Å². The molecule has 11 rings (SSSR count). The van der Waals surface area contributed by atoms with Crippen molar-refractivity contribution in [3.63, 3.8) is 0 Å². The minimum Gasteiger partial charge on any atom is -0.310 e. The monoisotopic (exact) mass is 661 g/mol. The highest BCUT2D eigenvalue weighted by Gasteiger charge is 2.36. The molecular weight excluding hydrogens is 627 g/mol. The van der Waals surface area contributed by atoms with Gasteiger partial charge in [0.25, 0.3) is 0 Å². The van der Waals surface area contributed by atoms with E-state index in [4.69, 9.17) is 0 Å². The maximum Gasteiger partial charge on any atom is 0.0540 e. The molecule has 2 aliphatic rings. The van der Waals surface area contributed by atoms with Crippen molar-refractivity contribution in [2.24, 2.45) is 0 Å². The summed E-state index contributed by atoms with van der Waals surface area (Å²) in [6.45, 7) is 4.73. The first kappa shape index (κ1) is 29.3. The Kier molecular flexibility index (Phi) is 6.08. The van der Waals surface area contributed by atoms with Gasteiger partial charge in [-0.15, -0.1) is 0 Å². The summed E-state index contributed by atoms with van der Waals surface area (Å²) in [5, 5.41) is 7.73. The molecule has 0 fully saturated rings. The second kappa shape index (κ2) is 10.8. The van der Waals surface area contributed by atoms with Gasteiger partial charge < -0.3 is 4.90 Å². The van der Waals surface area contributed by atoms with Gasteiger partial charge in [-0.05, 0) is 119 Å². The SMILES string of the molecule is CC1(C)c2ccccc2-c2ccc(N(c3ccc(-c4ccc5c(ccc6ccccc65)c4)cc3)c3ccc4c5c(cccc35)-c3ccccc3-4)cc21. The van der Waals surface area contributed by atoms with Gasteiger partial charge in [-0.25, -0.2) is 0 Å². The number of rotatable bonds is 4. The molecule has 0 bridgehead atoms. The lowest BCUT2D eigenvalue weighted by Crippen LogP contribution is -2.16. The zero-order valence-electron chi connectivity index (χ0n) is 29.2. The molecule has 0 saturated heterocycles. The summed E-state index contributed by atoms with van der Waals surface area (Å²) in [4.78, 5) is 2.47. The Morgan fingerprint density at radius 3 is 1.81 bits per heavy atom. The lowest BCUT2D eigenvalue weighted by atomic mass is 9.82. The molecule has 0 aliphatic heterocycles. The van der Waals surface area contributed by atoms with Gasteiger partial charge in [0.1, 0.15) is 0 Å². The molecule has 0 unspecified atom stereocenters. The number of hydrogen-bond acceptors (Lipinski definition) is 1. The quantitative estimate of drug-likeness (QED) is 0.170. The van der Waals surface area contributed by atoms with E-state index < -0.39 is 0 Å². The molecule has 244 valence electrons. The van der Waals surface area contributed by atoms with Gasteiger partial charge >= 0.3 is 0 Å². The molecule has 0 spiro atoms. The Morgan fingerprint density at radius 2 is 0.962 bits per heavy atom. The average Bonchev–Trinajstić information content (AvgIpc) is 3.64. The predicted molar refractivity (Wildman–Crippen MR) is 221 cm³/mol. The van der Waals surface area contributed by atoms with Gasteiger partial charge in [0, 0.05) is 22.2 Å². The number of benzene rings is 9. The molecule has 9 aromatic carbocycles. The second-order valence-electron chi connectivity index (χ2n) is 14.9. The van der Waals surface area contributed by atoms with Crippen LogP contribution in [0.3, 0.4) is 0 Å². The Balaban J connectivity index is 1.08. The molecular formula is C51H35N. The van der Waals surface area contributed by atoms with E-state index in [0.29, 0.717) is 0 Å². The zero-order valence-corrected chi connectivity index (χ0v) is 29.2. The molecule has 0 aromatic heterocycles. The predicted octanol–water partition coefficient (Wildman–Crippen LogP) is 14.2. The van der Waals surface area contributed by atoms with Crippen LogP contribution in [0.25, 0.3) is 76.8 Å². The van der Waals surface area contributed by atoms with E-state index in [-0.39, 0.29) is 5.41 Å². The summed E-state index contributed by atoms with van der Waals surface area (Å²) in [6.07, 6.45) is 0. The Bertz CT molecular complexity index is 2900. The number of anilines is 3. The number of fused-ring (bicyclic) bond motifs is 9. The lowest BCUT2D eigenvalue weighted by molar-refractivity contribution is 0.660. The topological polar surface area (TPSA) is 3.24 Å². The fraction of sp³-hybridized carbons (Fsp3) is 0.0588. The molecule has 0 radical (unpaired) electrons. The molecule has 2 aliphatic carbocycles. The van der Waals surface area contributed by atoms with Crippen LogP contribution in [0.4, 0.5) is 17.1 Å².